The fraction of sp³-hybridized carbons (Fsp3) is 0.929. The van der Waals surface area contributed by atoms with Crippen LogP contribution in [0.4, 0.5) is 0 Å². The third kappa shape index (κ3) is 4.17. The molecule has 0 saturated carbocycles. The van der Waals surface area contributed by atoms with E-state index in [2.05, 4.69) is 12.2 Å². The molecule has 21 heavy (non-hydrogen) atoms. The van der Waals surface area contributed by atoms with Crippen molar-refractivity contribution < 1.29 is 13.2 Å². The summed E-state index contributed by atoms with van der Waals surface area (Å²) in [5, 5.41) is 2.94. The lowest BCUT2D eigenvalue weighted by atomic mass is 9.97. The third-order valence-corrected chi connectivity index (χ3v) is 6.41. The van der Waals surface area contributed by atoms with Crippen molar-refractivity contribution in [1.82, 2.24) is 13.9 Å². The van der Waals surface area contributed by atoms with Crippen molar-refractivity contribution in [2.45, 2.75) is 45.4 Å². The van der Waals surface area contributed by atoms with Crippen molar-refractivity contribution in [2.24, 2.45) is 5.92 Å². The number of nitrogens with one attached hydrogen (secondary N) is 1. The molecule has 0 spiro atoms. The first kappa shape index (κ1) is 16.7. The Balaban J connectivity index is 1.81. The van der Waals surface area contributed by atoms with Gasteiger partial charge in [0.2, 0.25) is 5.91 Å². The predicted octanol–water partition coefficient (Wildman–Crippen LogP) is 0.955. The number of rotatable bonds is 6. The lowest BCUT2D eigenvalue weighted by Gasteiger charge is -2.33. The number of hydrogen-bond acceptors (Lipinski definition) is 3. The molecule has 2 aliphatic rings. The van der Waals surface area contributed by atoms with Crippen molar-refractivity contribution in [3.8, 4) is 0 Å². The Morgan fingerprint density at radius 1 is 1.10 bits per heavy atom. The molecular weight excluding hydrogens is 290 g/mol. The maximum Gasteiger partial charge on any atom is 0.281 e. The first-order valence-corrected chi connectivity index (χ1v) is 9.48. The summed E-state index contributed by atoms with van der Waals surface area (Å²) in [6, 6.07) is 0. The fourth-order valence-electron chi connectivity index (χ4n) is 2.96. The molecule has 122 valence electrons. The first-order chi connectivity index (χ1) is 10.1. The predicted molar refractivity (Wildman–Crippen MR) is 81.9 cm³/mol. The van der Waals surface area contributed by atoms with Gasteiger partial charge in [0.15, 0.2) is 0 Å². The van der Waals surface area contributed by atoms with Crippen LogP contribution in [0.25, 0.3) is 0 Å². The van der Waals surface area contributed by atoms with Crippen LogP contribution in [0.15, 0.2) is 0 Å². The van der Waals surface area contributed by atoms with Gasteiger partial charge < -0.3 is 5.32 Å². The van der Waals surface area contributed by atoms with E-state index in [4.69, 9.17) is 0 Å². The summed E-state index contributed by atoms with van der Waals surface area (Å²) < 4.78 is 28.0. The van der Waals surface area contributed by atoms with Crippen LogP contribution in [0.2, 0.25) is 0 Å². The highest BCUT2D eigenvalue weighted by Gasteiger charge is 2.35. The Hall–Kier alpha value is -0.660. The molecule has 1 amide bonds. The van der Waals surface area contributed by atoms with E-state index >= 15 is 0 Å². The summed E-state index contributed by atoms with van der Waals surface area (Å²) >= 11 is 0. The van der Waals surface area contributed by atoms with Crippen LogP contribution in [0, 0.1) is 5.92 Å². The number of carbonyl (C=O) groups excluding carboxylic acids is 1. The third-order valence-electron chi connectivity index (χ3n) is 4.37. The minimum Gasteiger partial charge on any atom is -0.356 e. The Labute approximate surface area is 128 Å². The number of nitrogens with zero attached hydrogens (tertiary/aromatic N) is 2. The second kappa shape index (κ2) is 7.56. The van der Waals surface area contributed by atoms with Gasteiger partial charge in [-0.15, -0.1) is 0 Å². The maximum absolute atomic E-state index is 12.4. The molecule has 0 aromatic heterocycles. The number of piperidine rings is 1. The van der Waals surface area contributed by atoms with E-state index in [0.29, 0.717) is 39.0 Å². The lowest BCUT2D eigenvalue weighted by molar-refractivity contribution is -0.126. The molecule has 2 aliphatic heterocycles. The van der Waals surface area contributed by atoms with Crippen LogP contribution in [0.3, 0.4) is 0 Å². The minimum absolute atomic E-state index is 0.0353. The Morgan fingerprint density at radius 2 is 1.67 bits per heavy atom. The smallest absolute Gasteiger partial charge is 0.281 e. The number of carbonyl (C=O) groups is 1. The Bertz CT molecular complexity index is 438. The van der Waals surface area contributed by atoms with Crippen LogP contribution in [-0.4, -0.2) is 55.7 Å². The molecule has 0 atom stereocenters. The van der Waals surface area contributed by atoms with Gasteiger partial charge in [0, 0.05) is 38.6 Å². The molecule has 2 heterocycles. The second-order valence-corrected chi connectivity index (χ2v) is 7.86. The van der Waals surface area contributed by atoms with Crippen LogP contribution in [0.5, 0.6) is 0 Å². The number of unbranched alkanes of at least 4 members (excludes halogenated alkanes) is 1. The topological polar surface area (TPSA) is 69.7 Å². The van der Waals surface area contributed by atoms with Crippen molar-refractivity contribution in [3.63, 3.8) is 0 Å². The highest BCUT2D eigenvalue weighted by atomic mass is 32.2. The molecule has 0 radical (unpaired) electrons. The highest BCUT2D eigenvalue weighted by molar-refractivity contribution is 7.86. The quantitative estimate of drug-likeness (QED) is 0.742. The van der Waals surface area contributed by atoms with Gasteiger partial charge in [-0.1, -0.05) is 13.3 Å². The standard InChI is InChI=1S/C14H27N3O3S/c1-2-3-8-15-14(18)13-6-11-17(12-7-13)21(19,20)16-9-4-5-10-16/h13H,2-12H2,1H3,(H,15,18). The summed E-state index contributed by atoms with van der Waals surface area (Å²) in [4.78, 5) is 12.0. The first-order valence-electron chi connectivity index (χ1n) is 8.08. The van der Waals surface area contributed by atoms with Crippen molar-refractivity contribution in [2.75, 3.05) is 32.7 Å². The SMILES string of the molecule is CCCCNC(=O)C1CCN(S(=O)(=O)N2CCCC2)CC1. The van der Waals surface area contributed by atoms with E-state index in [9.17, 15) is 13.2 Å². The molecule has 2 saturated heterocycles. The van der Waals surface area contributed by atoms with Gasteiger partial charge in [0.25, 0.3) is 10.2 Å². The van der Waals surface area contributed by atoms with Gasteiger partial charge in [-0.05, 0) is 32.1 Å². The van der Waals surface area contributed by atoms with Crippen LogP contribution >= 0.6 is 0 Å². The lowest BCUT2D eigenvalue weighted by Crippen LogP contribution is -2.48. The minimum atomic E-state index is -3.30. The van der Waals surface area contributed by atoms with Gasteiger partial charge in [-0.25, -0.2) is 0 Å². The fourth-order valence-corrected chi connectivity index (χ4v) is 4.68. The highest BCUT2D eigenvalue weighted by Crippen LogP contribution is 2.23. The van der Waals surface area contributed by atoms with Gasteiger partial charge in [0.1, 0.15) is 0 Å². The van der Waals surface area contributed by atoms with Gasteiger partial charge >= 0.3 is 0 Å². The zero-order valence-corrected chi connectivity index (χ0v) is 13.7. The molecule has 7 heteroatoms. The van der Waals surface area contributed by atoms with E-state index in [0.717, 1.165) is 32.2 Å². The van der Waals surface area contributed by atoms with E-state index in [1.807, 2.05) is 0 Å². The zero-order valence-electron chi connectivity index (χ0n) is 12.9. The molecule has 0 unspecified atom stereocenters. The Kier molecular flexibility index (Phi) is 6.01. The molecule has 0 aromatic carbocycles. The molecule has 2 rings (SSSR count). The van der Waals surface area contributed by atoms with E-state index < -0.39 is 10.2 Å². The number of hydrogen-bond donors (Lipinski definition) is 1. The summed E-state index contributed by atoms with van der Waals surface area (Å²) in [5.41, 5.74) is 0. The molecular formula is C14H27N3O3S. The molecule has 0 bridgehead atoms. The molecule has 1 N–H and O–H groups in total. The van der Waals surface area contributed by atoms with Crippen molar-refractivity contribution in [1.29, 1.82) is 0 Å². The summed E-state index contributed by atoms with van der Waals surface area (Å²) in [6.45, 7) is 5.02. The molecule has 0 aromatic rings. The Morgan fingerprint density at radius 3 is 2.24 bits per heavy atom. The zero-order chi connectivity index (χ0) is 15.3. The van der Waals surface area contributed by atoms with Crippen molar-refractivity contribution >= 4 is 16.1 Å². The monoisotopic (exact) mass is 317 g/mol. The van der Waals surface area contributed by atoms with Crippen LogP contribution in [-0.2, 0) is 15.0 Å². The van der Waals surface area contributed by atoms with Gasteiger partial charge in [0.05, 0.1) is 0 Å². The molecule has 0 aliphatic carbocycles. The summed E-state index contributed by atoms with van der Waals surface area (Å²) in [7, 11) is -3.30. The van der Waals surface area contributed by atoms with Gasteiger partial charge in [-0.2, -0.15) is 17.0 Å². The van der Waals surface area contributed by atoms with Gasteiger partial charge in [-0.3, -0.25) is 4.79 Å². The van der Waals surface area contributed by atoms with Crippen LogP contribution < -0.4 is 5.32 Å². The molecule has 2 fully saturated rings. The average Bonchev–Trinajstić information content (AvgIpc) is 3.02. The average molecular weight is 317 g/mol. The van der Waals surface area contributed by atoms with E-state index in [1.165, 1.54) is 0 Å². The second-order valence-electron chi connectivity index (χ2n) is 5.93. The van der Waals surface area contributed by atoms with E-state index in [1.54, 1.807) is 8.61 Å². The summed E-state index contributed by atoms with van der Waals surface area (Å²) in [6.07, 6.45) is 5.22. The van der Waals surface area contributed by atoms with E-state index in [-0.39, 0.29) is 11.8 Å². The maximum atomic E-state index is 12.4. The normalized spacial score (nSPS) is 22.5. The summed E-state index contributed by atoms with van der Waals surface area (Å²) in [5.74, 6) is 0.0496. The largest absolute Gasteiger partial charge is 0.356 e. The van der Waals surface area contributed by atoms with Crippen molar-refractivity contribution in [3.05, 3.63) is 0 Å². The molecule has 6 nitrogen and oxygen atoms in total. The number of amides is 1. The van der Waals surface area contributed by atoms with Crippen LogP contribution in [0.1, 0.15) is 45.4 Å².